The molecule has 3 unspecified atom stereocenters. The molecule has 2 N–H and O–H groups in total. The fourth-order valence-electron chi connectivity index (χ4n) is 3.03. The molecule has 7 heteroatoms. The number of aliphatic hydroxyl groups is 1. The molecule has 19 heavy (non-hydrogen) atoms. The first kappa shape index (κ1) is 12.6. The molecule has 0 aromatic carbocycles. The van der Waals surface area contributed by atoms with E-state index in [9.17, 15) is 14.7 Å². The maximum atomic E-state index is 12.2. The quantitative estimate of drug-likeness (QED) is 0.832. The van der Waals surface area contributed by atoms with Crippen LogP contribution in [0, 0.1) is 11.8 Å². The Morgan fingerprint density at radius 3 is 2.79 bits per heavy atom. The van der Waals surface area contributed by atoms with Gasteiger partial charge in [-0.15, -0.1) is 11.3 Å². The Morgan fingerprint density at radius 2 is 2.16 bits per heavy atom. The van der Waals surface area contributed by atoms with Gasteiger partial charge in [0.15, 0.2) is 0 Å². The summed E-state index contributed by atoms with van der Waals surface area (Å²) in [5, 5.41) is 20.0. The van der Waals surface area contributed by atoms with Gasteiger partial charge in [-0.1, -0.05) is 0 Å². The van der Waals surface area contributed by atoms with Crippen LogP contribution < -0.4 is 0 Å². The number of carboxylic acids is 1. The molecular formula is C12H14N2O4S. The number of amides is 1. The number of carboxylic acid groups (broad SMARTS) is 1. The minimum Gasteiger partial charge on any atom is -0.476 e. The van der Waals surface area contributed by atoms with Crippen molar-refractivity contribution in [1.82, 2.24) is 9.88 Å². The molecule has 1 aromatic rings. The van der Waals surface area contributed by atoms with E-state index in [0.29, 0.717) is 19.0 Å². The number of nitrogens with zero attached hydrogens (tertiary/aromatic N) is 2. The number of rotatable bonds is 2. The molecule has 0 radical (unpaired) electrons. The third kappa shape index (κ3) is 2.12. The predicted octanol–water partition coefficient (Wildman–Crippen LogP) is 0.684. The van der Waals surface area contributed by atoms with E-state index in [-0.39, 0.29) is 28.6 Å². The van der Waals surface area contributed by atoms with Gasteiger partial charge in [-0.2, -0.15) is 0 Å². The van der Waals surface area contributed by atoms with Crippen LogP contribution in [0.3, 0.4) is 0 Å². The Kier molecular flexibility index (Phi) is 3.02. The lowest BCUT2D eigenvalue weighted by molar-refractivity contribution is 0.0696. The molecule has 0 bridgehead atoms. The lowest BCUT2D eigenvalue weighted by atomic mass is 10.00. The number of fused-ring (bicyclic) bond motifs is 1. The summed E-state index contributed by atoms with van der Waals surface area (Å²) >= 11 is 0.959. The molecule has 3 atom stereocenters. The number of aromatic nitrogens is 1. The summed E-state index contributed by atoms with van der Waals surface area (Å²) in [6, 6.07) is 0. The average molecular weight is 282 g/mol. The SMILES string of the molecule is O=C(O)c1nc(C(=O)N2CC3CCC(O)C3C2)cs1. The van der Waals surface area contributed by atoms with Gasteiger partial charge in [0.05, 0.1) is 6.10 Å². The maximum Gasteiger partial charge on any atom is 0.365 e. The number of aromatic carboxylic acids is 1. The monoisotopic (exact) mass is 282 g/mol. The number of carbonyl (C=O) groups excluding carboxylic acids is 1. The van der Waals surface area contributed by atoms with Crippen LogP contribution in [-0.2, 0) is 0 Å². The van der Waals surface area contributed by atoms with Gasteiger partial charge in [-0.25, -0.2) is 9.78 Å². The van der Waals surface area contributed by atoms with Crippen LogP contribution in [0.25, 0.3) is 0 Å². The molecule has 2 aliphatic rings. The predicted molar refractivity (Wildman–Crippen MR) is 67.2 cm³/mol. The molecule has 1 aromatic heterocycles. The first-order valence-electron chi connectivity index (χ1n) is 6.22. The van der Waals surface area contributed by atoms with Gasteiger partial charge >= 0.3 is 5.97 Å². The van der Waals surface area contributed by atoms with Crippen LogP contribution in [0.5, 0.6) is 0 Å². The van der Waals surface area contributed by atoms with Gasteiger partial charge in [0.25, 0.3) is 5.91 Å². The molecule has 6 nitrogen and oxygen atoms in total. The van der Waals surface area contributed by atoms with Crippen molar-refractivity contribution in [2.24, 2.45) is 11.8 Å². The zero-order chi connectivity index (χ0) is 13.6. The fourth-order valence-corrected chi connectivity index (χ4v) is 3.66. The van der Waals surface area contributed by atoms with Gasteiger partial charge in [-0.05, 0) is 18.8 Å². The van der Waals surface area contributed by atoms with Crippen molar-refractivity contribution in [3.05, 3.63) is 16.1 Å². The van der Waals surface area contributed by atoms with Crippen LogP contribution in [0.15, 0.2) is 5.38 Å². The van der Waals surface area contributed by atoms with Gasteiger partial charge in [0.2, 0.25) is 5.01 Å². The summed E-state index contributed by atoms with van der Waals surface area (Å²) < 4.78 is 0. The standard InChI is InChI=1S/C12H14N2O4S/c15-9-2-1-6-3-14(4-7(6)9)11(16)8-5-19-10(13-8)12(17)18/h5-7,9,15H,1-4H2,(H,17,18). The van der Waals surface area contributed by atoms with Crippen LogP contribution in [0.4, 0.5) is 0 Å². The van der Waals surface area contributed by atoms with Crippen molar-refractivity contribution < 1.29 is 19.8 Å². The number of hydrogen-bond donors (Lipinski definition) is 2. The second-order valence-corrected chi connectivity index (χ2v) is 5.98. The number of likely N-dealkylation sites (tertiary alicyclic amines) is 1. The van der Waals surface area contributed by atoms with Gasteiger partial charge in [0.1, 0.15) is 5.69 Å². The normalized spacial score (nSPS) is 29.5. The van der Waals surface area contributed by atoms with Crippen molar-refractivity contribution in [1.29, 1.82) is 0 Å². The Balaban J connectivity index is 1.73. The molecule has 102 valence electrons. The maximum absolute atomic E-state index is 12.2. The van der Waals surface area contributed by atoms with E-state index >= 15 is 0 Å². The summed E-state index contributed by atoms with van der Waals surface area (Å²) in [5.41, 5.74) is 0.192. The molecule has 1 amide bonds. The van der Waals surface area contributed by atoms with Crippen molar-refractivity contribution in [3.63, 3.8) is 0 Å². The third-order valence-electron chi connectivity index (χ3n) is 4.01. The van der Waals surface area contributed by atoms with E-state index in [2.05, 4.69) is 4.98 Å². The Bertz CT molecular complexity index is 530. The number of carbonyl (C=O) groups is 2. The highest BCUT2D eigenvalue weighted by atomic mass is 32.1. The van der Waals surface area contributed by atoms with Crippen LogP contribution >= 0.6 is 11.3 Å². The van der Waals surface area contributed by atoms with Gasteiger partial charge in [-0.3, -0.25) is 4.79 Å². The molecule has 0 spiro atoms. The van der Waals surface area contributed by atoms with E-state index in [0.717, 1.165) is 24.2 Å². The van der Waals surface area contributed by atoms with Crippen LogP contribution in [0.2, 0.25) is 0 Å². The van der Waals surface area contributed by atoms with E-state index in [1.165, 1.54) is 5.38 Å². The first-order valence-corrected chi connectivity index (χ1v) is 7.10. The molecule has 3 rings (SSSR count). The van der Waals surface area contributed by atoms with E-state index in [1.807, 2.05) is 0 Å². The molecule has 1 saturated heterocycles. The van der Waals surface area contributed by atoms with E-state index in [1.54, 1.807) is 4.90 Å². The van der Waals surface area contributed by atoms with E-state index < -0.39 is 5.97 Å². The van der Waals surface area contributed by atoms with E-state index in [4.69, 9.17) is 5.11 Å². The molecule has 1 aliphatic carbocycles. The Hall–Kier alpha value is -1.47. The smallest absolute Gasteiger partial charge is 0.365 e. The topological polar surface area (TPSA) is 90.7 Å². The summed E-state index contributed by atoms with van der Waals surface area (Å²) in [4.78, 5) is 28.5. The average Bonchev–Trinajstić information content (AvgIpc) is 3.05. The lowest BCUT2D eigenvalue weighted by Gasteiger charge is -2.17. The highest BCUT2D eigenvalue weighted by Gasteiger charge is 2.43. The van der Waals surface area contributed by atoms with Crippen molar-refractivity contribution in [3.8, 4) is 0 Å². The van der Waals surface area contributed by atoms with Gasteiger partial charge < -0.3 is 15.1 Å². The summed E-state index contributed by atoms with van der Waals surface area (Å²) in [6.07, 6.45) is 1.46. The second-order valence-electron chi connectivity index (χ2n) is 5.12. The van der Waals surface area contributed by atoms with Crippen molar-refractivity contribution in [2.45, 2.75) is 18.9 Å². The second kappa shape index (κ2) is 4.57. The Morgan fingerprint density at radius 1 is 1.37 bits per heavy atom. The molecule has 1 saturated carbocycles. The fraction of sp³-hybridized carbons (Fsp3) is 0.583. The Labute approximate surface area is 113 Å². The number of hydrogen-bond acceptors (Lipinski definition) is 5. The zero-order valence-electron chi connectivity index (χ0n) is 10.2. The van der Waals surface area contributed by atoms with Crippen LogP contribution in [0.1, 0.15) is 33.1 Å². The molecule has 2 heterocycles. The number of aliphatic hydroxyl groups excluding tert-OH is 1. The summed E-state index contributed by atoms with van der Waals surface area (Å²) in [6.45, 7) is 1.19. The number of thiazole rings is 1. The van der Waals surface area contributed by atoms with Crippen molar-refractivity contribution >= 4 is 23.2 Å². The zero-order valence-corrected chi connectivity index (χ0v) is 11.0. The third-order valence-corrected chi connectivity index (χ3v) is 4.84. The molecule has 1 aliphatic heterocycles. The summed E-state index contributed by atoms with van der Waals surface area (Å²) in [7, 11) is 0. The molecule has 2 fully saturated rings. The van der Waals surface area contributed by atoms with Gasteiger partial charge in [0, 0.05) is 24.4 Å². The molecular weight excluding hydrogens is 268 g/mol. The highest BCUT2D eigenvalue weighted by molar-refractivity contribution is 7.11. The van der Waals surface area contributed by atoms with Crippen LogP contribution in [-0.4, -0.2) is 51.2 Å². The minimum absolute atomic E-state index is 0.0669. The lowest BCUT2D eigenvalue weighted by Crippen LogP contribution is -2.31. The highest BCUT2D eigenvalue weighted by Crippen LogP contribution is 2.38. The first-order chi connectivity index (χ1) is 9.06. The minimum atomic E-state index is -1.11. The summed E-state index contributed by atoms with van der Waals surface area (Å²) in [5.74, 6) is -0.804. The van der Waals surface area contributed by atoms with Crippen molar-refractivity contribution in [2.75, 3.05) is 13.1 Å². The largest absolute Gasteiger partial charge is 0.476 e.